The van der Waals surface area contributed by atoms with Gasteiger partial charge in [-0.05, 0) is 45.7 Å². The minimum atomic E-state index is -0.552. The zero-order valence-electron chi connectivity index (χ0n) is 14.6. The van der Waals surface area contributed by atoms with Gasteiger partial charge in [0.05, 0.1) is 17.2 Å². The molecule has 1 atom stereocenters. The summed E-state index contributed by atoms with van der Waals surface area (Å²) in [6, 6.07) is 4.80. The van der Waals surface area contributed by atoms with Gasteiger partial charge in [-0.15, -0.1) is 0 Å². The molecular formula is C18H22N2O5. The Morgan fingerprint density at radius 2 is 2.04 bits per heavy atom. The highest BCUT2D eigenvalue weighted by atomic mass is 16.6. The highest BCUT2D eigenvalue weighted by molar-refractivity contribution is 6.22. The Morgan fingerprint density at radius 3 is 2.76 bits per heavy atom. The summed E-state index contributed by atoms with van der Waals surface area (Å²) >= 11 is 0. The van der Waals surface area contributed by atoms with Crippen LogP contribution in [0.4, 0.5) is 4.79 Å². The fraction of sp³-hybridized carbons (Fsp3) is 0.500. The first kappa shape index (κ1) is 17.3. The van der Waals surface area contributed by atoms with Crippen molar-refractivity contribution in [1.82, 2.24) is 10.2 Å². The van der Waals surface area contributed by atoms with Crippen molar-refractivity contribution in [3.63, 3.8) is 0 Å². The van der Waals surface area contributed by atoms with E-state index in [2.05, 4.69) is 5.32 Å². The van der Waals surface area contributed by atoms with Gasteiger partial charge in [0, 0.05) is 6.54 Å². The van der Waals surface area contributed by atoms with E-state index >= 15 is 0 Å². The maximum absolute atomic E-state index is 12.3. The Bertz CT molecular complexity index is 723. The summed E-state index contributed by atoms with van der Waals surface area (Å²) in [5.41, 5.74) is 0.0243. The lowest BCUT2D eigenvalue weighted by Gasteiger charge is -2.28. The Hall–Kier alpha value is -2.57. The first-order valence-corrected chi connectivity index (χ1v) is 8.37. The van der Waals surface area contributed by atoms with Gasteiger partial charge in [0.1, 0.15) is 18.0 Å². The van der Waals surface area contributed by atoms with Crippen LogP contribution in [-0.4, -0.2) is 47.6 Å². The number of ether oxygens (including phenoxy) is 2. The van der Waals surface area contributed by atoms with Crippen molar-refractivity contribution < 1.29 is 23.9 Å². The third-order valence-electron chi connectivity index (χ3n) is 4.16. The van der Waals surface area contributed by atoms with Crippen molar-refractivity contribution in [2.24, 2.45) is 0 Å². The Balaban J connectivity index is 1.69. The molecule has 7 nitrogen and oxygen atoms in total. The van der Waals surface area contributed by atoms with Crippen molar-refractivity contribution in [2.45, 2.75) is 45.3 Å². The second-order valence-electron chi connectivity index (χ2n) is 7.24. The largest absolute Gasteiger partial charge is 0.491 e. The van der Waals surface area contributed by atoms with Crippen LogP contribution >= 0.6 is 0 Å². The molecule has 1 saturated heterocycles. The standard InChI is InChI=1S/C18H22N2O5/c1-18(2,3)25-17(23)20-9-5-6-11(20)10-24-13-8-4-7-12-14(13)16(22)19-15(12)21/h4,7-8,11H,5-6,9-10H2,1-3H3,(H,19,21,22). The number of rotatable bonds is 3. The average Bonchev–Trinajstić information content (AvgIpc) is 3.09. The quantitative estimate of drug-likeness (QED) is 0.849. The lowest BCUT2D eigenvalue weighted by atomic mass is 10.1. The van der Waals surface area contributed by atoms with Crippen LogP contribution in [0, 0.1) is 0 Å². The number of likely N-dealkylation sites (tertiary alicyclic amines) is 1. The van der Waals surface area contributed by atoms with Gasteiger partial charge in [0.25, 0.3) is 11.8 Å². The van der Waals surface area contributed by atoms with E-state index in [0.717, 1.165) is 12.8 Å². The molecule has 2 aliphatic rings. The minimum Gasteiger partial charge on any atom is -0.491 e. The smallest absolute Gasteiger partial charge is 0.410 e. The highest BCUT2D eigenvalue weighted by Gasteiger charge is 2.34. The van der Waals surface area contributed by atoms with Crippen molar-refractivity contribution in [1.29, 1.82) is 0 Å². The molecule has 0 saturated carbocycles. The molecule has 3 rings (SSSR count). The number of carbonyl (C=O) groups excluding carboxylic acids is 3. The molecule has 1 aromatic rings. The summed E-state index contributed by atoms with van der Waals surface area (Å²) in [6.45, 7) is 6.35. The van der Waals surface area contributed by atoms with E-state index < -0.39 is 17.4 Å². The third-order valence-corrected chi connectivity index (χ3v) is 4.16. The SMILES string of the molecule is CC(C)(C)OC(=O)N1CCCC1COc1cccc2c1C(=O)NC2=O. The number of amides is 3. The van der Waals surface area contributed by atoms with E-state index in [9.17, 15) is 14.4 Å². The molecular weight excluding hydrogens is 324 g/mol. The summed E-state index contributed by atoms with van der Waals surface area (Å²) < 4.78 is 11.2. The predicted molar refractivity (Wildman–Crippen MR) is 89.7 cm³/mol. The van der Waals surface area contributed by atoms with E-state index in [1.54, 1.807) is 23.1 Å². The van der Waals surface area contributed by atoms with Crippen molar-refractivity contribution in [3.05, 3.63) is 29.3 Å². The first-order valence-electron chi connectivity index (χ1n) is 8.37. The Labute approximate surface area is 146 Å². The van der Waals surface area contributed by atoms with Crippen LogP contribution in [0.1, 0.15) is 54.3 Å². The van der Waals surface area contributed by atoms with Crippen LogP contribution in [0.25, 0.3) is 0 Å². The van der Waals surface area contributed by atoms with E-state index in [-0.39, 0.29) is 24.3 Å². The monoisotopic (exact) mass is 346 g/mol. The topological polar surface area (TPSA) is 84.9 Å². The summed E-state index contributed by atoms with van der Waals surface area (Å²) in [5, 5.41) is 2.26. The summed E-state index contributed by atoms with van der Waals surface area (Å²) in [5.74, 6) is -0.510. The zero-order valence-corrected chi connectivity index (χ0v) is 14.6. The van der Waals surface area contributed by atoms with Gasteiger partial charge in [-0.1, -0.05) is 6.07 Å². The van der Waals surface area contributed by atoms with Gasteiger partial charge < -0.3 is 14.4 Å². The Kier molecular flexibility index (Phi) is 4.41. The number of nitrogens with zero attached hydrogens (tertiary/aromatic N) is 1. The second kappa shape index (κ2) is 6.38. The molecule has 1 N–H and O–H groups in total. The normalized spacial score (nSPS) is 19.6. The van der Waals surface area contributed by atoms with Gasteiger partial charge >= 0.3 is 6.09 Å². The molecule has 2 heterocycles. The Morgan fingerprint density at radius 1 is 1.28 bits per heavy atom. The van der Waals surface area contributed by atoms with E-state index in [1.165, 1.54) is 0 Å². The molecule has 0 radical (unpaired) electrons. The minimum absolute atomic E-state index is 0.120. The van der Waals surface area contributed by atoms with Crippen LogP contribution in [0.3, 0.4) is 0 Å². The highest BCUT2D eigenvalue weighted by Crippen LogP contribution is 2.28. The number of hydrogen-bond acceptors (Lipinski definition) is 5. The molecule has 3 amide bonds. The van der Waals surface area contributed by atoms with Crippen molar-refractivity contribution in [3.8, 4) is 5.75 Å². The maximum atomic E-state index is 12.3. The number of nitrogens with one attached hydrogen (secondary N) is 1. The van der Waals surface area contributed by atoms with Crippen molar-refractivity contribution >= 4 is 17.9 Å². The zero-order chi connectivity index (χ0) is 18.2. The lowest BCUT2D eigenvalue weighted by molar-refractivity contribution is 0.0186. The number of fused-ring (bicyclic) bond motifs is 1. The van der Waals surface area contributed by atoms with Crippen LogP contribution in [0.15, 0.2) is 18.2 Å². The number of imide groups is 1. The molecule has 1 unspecified atom stereocenters. The number of benzene rings is 1. The summed E-state index contributed by atoms with van der Waals surface area (Å²) in [4.78, 5) is 37.6. The third kappa shape index (κ3) is 3.60. The van der Waals surface area contributed by atoms with E-state index in [4.69, 9.17) is 9.47 Å². The molecule has 0 spiro atoms. The van der Waals surface area contributed by atoms with Gasteiger partial charge in [0.2, 0.25) is 0 Å². The van der Waals surface area contributed by atoms with Gasteiger partial charge in [-0.25, -0.2) is 4.79 Å². The second-order valence-corrected chi connectivity index (χ2v) is 7.24. The molecule has 1 aromatic carbocycles. The molecule has 7 heteroatoms. The molecule has 1 fully saturated rings. The molecule has 0 aromatic heterocycles. The molecule has 134 valence electrons. The number of hydrogen-bond donors (Lipinski definition) is 1. The van der Waals surface area contributed by atoms with Gasteiger partial charge in [-0.2, -0.15) is 0 Å². The fourth-order valence-corrected chi connectivity index (χ4v) is 3.06. The average molecular weight is 346 g/mol. The van der Waals surface area contributed by atoms with Crippen molar-refractivity contribution in [2.75, 3.05) is 13.2 Å². The fourth-order valence-electron chi connectivity index (χ4n) is 3.06. The number of carbonyl (C=O) groups is 3. The summed E-state index contributed by atoms with van der Waals surface area (Å²) in [7, 11) is 0. The molecule has 0 bridgehead atoms. The maximum Gasteiger partial charge on any atom is 0.410 e. The van der Waals surface area contributed by atoms with Crippen LogP contribution < -0.4 is 10.1 Å². The first-order chi connectivity index (χ1) is 11.8. The van der Waals surface area contributed by atoms with Crippen LogP contribution in [-0.2, 0) is 4.74 Å². The molecule has 0 aliphatic carbocycles. The van der Waals surface area contributed by atoms with Gasteiger partial charge in [0.15, 0.2) is 0 Å². The predicted octanol–water partition coefficient (Wildman–Crippen LogP) is 2.35. The van der Waals surface area contributed by atoms with Crippen LogP contribution in [0.2, 0.25) is 0 Å². The summed E-state index contributed by atoms with van der Waals surface area (Å²) in [6.07, 6.45) is 1.32. The van der Waals surface area contributed by atoms with Crippen LogP contribution in [0.5, 0.6) is 5.75 Å². The van der Waals surface area contributed by atoms with Gasteiger partial charge in [-0.3, -0.25) is 14.9 Å². The van der Waals surface area contributed by atoms with E-state index in [1.807, 2.05) is 20.8 Å². The molecule has 2 aliphatic heterocycles. The van der Waals surface area contributed by atoms with E-state index in [0.29, 0.717) is 17.9 Å². The lowest BCUT2D eigenvalue weighted by Crippen LogP contribution is -2.42. The molecule has 25 heavy (non-hydrogen) atoms.